The van der Waals surface area contributed by atoms with Crippen LogP contribution in [-0.4, -0.2) is 36.2 Å². The van der Waals surface area contributed by atoms with Crippen LogP contribution in [0.3, 0.4) is 0 Å². The number of aryl methyl sites for hydroxylation is 1. The highest BCUT2D eigenvalue weighted by Crippen LogP contribution is 2.35. The van der Waals surface area contributed by atoms with Gasteiger partial charge in [0.25, 0.3) is 5.91 Å². The molecule has 0 aliphatic carbocycles. The number of sulfonamides is 1. The van der Waals surface area contributed by atoms with Crippen molar-refractivity contribution in [2.45, 2.75) is 57.0 Å². The molecule has 0 saturated carbocycles. The zero-order valence-corrected chi connectivity index (χ0v) is 23.1. The Morgan fingerprint density at radius 1 is 1.22 bits per heavy atom. The summed E-state index contributed by atoms with van der Waals surface area (Å²) in [5, 5.41) is 1.12. The number of carbonyl (C=O) groups excluding carboxylic acids is 1. The molecule has 0 N–H and O–H groups in total. The zero-order valence-electron chi connectivity index (χ0n) is 20.7. The highest BCUT2D eigenvalue weighted by molar-refractivity contribution is 7.89. The quantitative estimate of drug-likeness (QED) is 0.254. The van der Waals surface area contributed by atoms with Gasteiger partial charge in [-0.05, 0) is 80.3 Å². The van der Waals surface area contributed by atoms with Gasteiger partial charge in [-0.15, -0.1) is 0 Å². The Bertz CT molecular complexity index is 1520. The Hall–Kier alpha value is -2.72. The summed E-state index contributed by atoms with van der Waals surface area (Å²) in [6.07, 6.45) is 5.12. The minimum absolute atomic E-state index is 0.0137. The molecule has 3 heterocycles. The second-order valence-corrected chi connectivity index (χ2v) is 12.6. The molecule has 1 fully saturated rings. The fourth-order valence-corrected chi connectivity index (χ4v) is 7.99. The van der Waals surface area contributed by atoms with Gasteiger partial charge >= 0.3 is 0 Å². The average molecular weight is 558 g/mol. The standard InChI is InChI=1S/C27H28ClN3O4S2/c1-3-21-7-4-5-13-31(21)37(33,34)23-11-9-19(10-12-23)26(32)30(17-22-8-6-14-35-22)27-29-25-18(2)15-20(28)16-24(25)36-27/h6,8-12,14-16,21H,3-5,7,13,17H2,1-2H3. The van der Waals surface area contributed by atoms with Gasteiger partial charge in [0.2, 0.25) is 10.0 Å². The van der Waals surface area contributed by atoms with Gasteiger partial charge in [-0.25, -0.2) is 13.4 Å². The molecule has 2 aromatic heterocycles. The molecule has 7 nitrogen and oxygen atoms in total. The third-order valence-corrected chi connectivity index (χ3v) is 9.97. The lowest BCUT2D eigenvalue weighted by Gasteiger charge is -2.34. The van der Waals surface area contributed by atoms with Gasteiger partial charge in [-0.2, -0.15) is 4.31 Å². The fourth-order valence-electron chi connectivity index (χ4n) is 4.80. The van der Waals surface area contributed by atoms with Gasteiger partial charge in [0.05, 0.1) is 27.9 Å². The summed E-state index contributed by atoms with van der Waals surface area (Å²) in [5.74, 6) is 0.310. The van der Waals surface area contributed by atoms with E-state index in [1.165, 1.54) is 23.5 Å². The highest BCUT2D eigenvalue weighted by atomic mass is 35.5. The lowest BCUT2D eigenvalue weighted by atomic mass is 10.0. The number of hydrogen-bond donors (Lipinski definition) is 0. The molecule has 2 aromatic carbocycles. The number of aromatic nitrogens is 1. The van der Waals surface area contributed by atoms with E-state index in [9.17, 15) is 13.2 Å². The molecule has 37 heavy (non-hydrogen) atoms. The number of furan rings is 1. The van der Waals surface area contributed by atoms with E-state index < -0.39 is 10.0 Å². The van der Waals surface area contributed by atoms with E-state index in [0.717, 1.165) is 41.5 Å². The predicted molar refractivity (Wildman–Crippen MR) is 147 cm³/mol. The Labute approximate surface area is 225 Å². The topological polar surface area (TPSA) is 83.7 Å². The third-order valence-electron chi connectivity index (χ3n) is 6.76. The maximum absolute atomic E-state index is 13.7. The summed E-state index contributed by atoms with van der Waals surface area (Å²) in [6.45, 7) is 4.66. The maximum Gasteiger partial charge on any atom is 0.260 e. The fraction of sp³-hybridized carbons (Fsp3) is 0.333. The molecule has 4 aromatic rings. The Balaban J connectivity index is 1.47. The van der Waals surface area contributed by atoms with Crippen molar-refractivity contribution in [3.05, 3.63) is 76.7 Å². The summed E-state index contributed by atoms with van der Waals surface area (Å²) >= 11 is 7.62. The SMILES string of the molecule is CCC1CCCCN1S(=O)(=O)c1ccc(C(=O)N(Cc2ccco2)c2nc3c(C)cc(Cl)cc3s2)cc1. The van der Waals surface area contributed by atoms with Crippen LogP contribution in [0.25, 0.3) is 10.2 Å². The summed E-state index contributed by atoms with van der Waals surface area (Å²) in [6, 6.07) is 13.5. The van der Waals surface area contributed by atoms with Gasteiger partial charge in [0, 0.05) is 23.2 Å². The molecule has 10 heteroatoms. The van der Waals surface area contributed by atoms with Crippen LogP contribution in [0.1, 0.15) is 54.3 Å². The number of piperidine rings is 1. The first kappa shape index (κ1) is 25.9. The molecule has 1 aliphatic rings. The number of benzene rings is 2. The first-order valence-electron chi connectivity index (χ1n) is 12.3. The number of carbonyl (C=O) groups is 1. The van der Waals surface area contributed by atoms with Crippen molar-refractivity contribution in [3.63, 3.8) is 0 Å². The minimum atomic E-state index is -3.63. The first-order valence-corrected chi connectivity index (χ1v) is 14.9. The van der Waals surface area contributed by atoms with E-state index in [0.29, 0.717) is 28.0 Å². The van der Waals surface area contributed by atoms with E-state index in [2.05, 4.69) is 0 Å². The van der Waals surface area contributed by atoms with Crippen LogP contribution in [0.5, 0.6) is 0 Å². The van der Waals surface area contributed by atoms with Crippen LogP contribution >= 0.6 is 22.9 Å². The normalized spacial score (nSPS) is 16.8. The molecule has 1 atom stereocenters. The summed E-state index contributed by atoms with van der Waals surface area (Å²) in [5.41, 5.74) is 2.08. The van der Waals surface area contributed by atoms with Crippen molar-refractivity contribution in [2.24, 2.45) is 0 Å². The van der Waals surface area contributed by atoms with Crippen LogP contribution in [-0.2, 0) is 16.6 Å². The third kappa shape index (κ3) is 5.18. The van der Waals surface area contributed by atoms with Gasteiger partial charge in [0.1, 0.15) is 5.76 Å². The van der Waals surface area contributed by atoms with Crippen LogP contribution in [0, 0.1) is 6.92 Å². The molecule has 1 saturated heterocycles. The Morgan fingerprint density at radius 3 is 2.70 bits per heavy atom. The second-order valence-electron chi connectivity index (χ2n) is 9.23. The van der Waals surface area contributed by atoms with Crippen molar-refractivity contribution in [2.75, 3.05) is 11.4 Å². The van der Waals surface area contributed by atoms with E-state index in [-0.39, 0.29) is 23.4 Å². The molecular weight excluding hydrogens is 530 g/mol. The molecule has 1 amide bonds. The number of hydrogen-bond acceptors (Lipinski definition) is 6. The van der Waals surface area contributed by atoms with E-state index in [4.69, 9.17) is 21.0 Å². The van der Waals surface area contributed by atoms with E-state index in [1.54, 1.807) is 39.7 Å². The molecule has 194 valence electrons. The summed E-state index contributed by atoms with van der Waals surface area (Å²) < 4.78 is 34.7. The van der Waals surface area contributed by atoms with Crippen LogP contribution in [0.2, 0.25) is 5.02 Å². The molecule has 0 bridgehead atoms. The van der Waals surface area contributed by atoms with Gasteiger partial charge in [-0.1, -0.05) is 36.3 Å². The zero-order chi connectivity index (χ0) is 26.2. The van der Waals surface area contributed by atoms with E-state index >= 15 is 0 Å². The molecule has 0 radical (unpaired) electrons. The molecule has 0 spiro atoms. The second kappa shape index (κ2) is 10.6. The van der Waals surface area contributed by atoms with Crippen LogP contribution in [0.4, 0.5) is 5.13 Å². The van der Waals surface area contributed by atoms with Gasteiger partial charge in [0.15, 0.2) is 5.13 Å². The monoisotopic (exact) mass is 557 g/mol. The highest BCUT2D eigenvalue weighted by Gasteiger charge is 2.33. The first-order chi connectivity index (χ1) is 17.8. The van der Waals surface area contributed by atoms with Crippen molar-refractivity contribution in [1.82, 2.24) is 9.29 Å². The molecule has 5 rings (SSSR count). The Kier molecular flexibility index (Phi) is 7.40. The number of nitrogens with zero attached hydrogens (tertiary/aromatic N) is 3. The lowest BCUT2D eigenvalue weighted by molar-refractivity contribution is 0.0983. The van der Waals surface area contributed by atoms with Crippen LogP contribution < -0.4 is 4.90 Å². The molecule has 1 unspecified atom stereocenters. The molecular formula is C27H28ClN3O4S2. The summed E-state index contributed by atoms with van der Waals surface area (Å²) in [4.78, 5) is 20.2. The van der Waals surface area contributed by atoms with Crippen molar-refractivity contribution < 1.29 is 17.6 Å². The minimum Gasteiger partial charge on any atom is -0.467 e. The Morgan fingerprint density at radius 2 is 2.00 bits per heavy atom. The number of rotatable bonds is 7. The van der Waals surface area contributed by atoms with Crippen molar-refractivity contribution in [3.8, 4) is 0 Å². The number of thiazole rings is 1. The maximum atomic E-state index is 13.7. The number of amides is 1. The van der Waals surface area contributed by atoms with Crippen LogP contribution in [0.15, 0.2) is 64.1 Å². The smallest absolute Gasteiger partial charge is 0.260 e. The van der Waals surface area contributed by atoms with Crippen molar-refractivity contribution in [1.29, 1.82) is 0 Å². The number of halogens is 1. The lowest BCUT2D eigenvalue weighted by Crippen LogP contribution is -2.43. The molecule has 1 aliphatic heterocycles. The number of fused-ring (bicyclic) bond motifs is 1. The number of anilines is 1. The largest absolute Gasteiger partial charge is 0.467 e. The van der Waals surface area contributed by atoms with Gasteiger partial charge < -0.3 is 4.42 Å². The predicted octanol–water partition coefficient (Wildman–Crippen LogP) is 6.65. The summed E-state index contributed by atoms with van der Waals surface area (Å²) in [7, 11) is -3.63. The van der Waals surface area contributed by atoms with Gasteiger partial charge in [-0.3, -0.25) is 9.69 Å². The average Bonchev–Trinajstić information content (AvgIpc) is 3.57. The van der Waals surface area contributed by atoms with E-state index in [1.807, 2.05) is 26.0 Å². The van der Waals surface area contributed by atoms with Crippen molar-refractivity contribution >= 4 is 54.2 Å².